The SMILES string of the molecule is CC(O)[C@H](N)C(=O)O.O=[N+]([O-])c1cc([N+](=O)[O-])c(O)c([N+](=O)[O-])c1. The molecule has 0 aromatic heterocycles. The summed E-state index contributed by atoms with van der Waals surface area (Å²) in [6.45, 7) is 1.33. The lowest BCUT2D eigenvalue weighted by Crippen LogP contribution is -2.39. The van der Waals surface area contributed by atoms with E-state index in [1.165, 1.54) is 6.92 Å². The smallest absolute Gasteiger partial charge is 0.324 e. The number of carbonyl (C=O) groups is 1. The van der Waals surface area contributed by atoms with Gasteiger partial charge in [-0.15, -0.1) is 0 Å². The van der Waals surface area contributed by atoms with Gasteiger partial charge in [-0.1, -0.05) is 0 Å². The molecule has 0 amide bonds. The first kappa shape index (κ1) is 20.6. The average Bonchev–Trinajstić information content (AvgIpc) is 2.45. The number of benzene rings is 1. The van der Waals surface area contributed by atoms with E-state index >= 15 is 0 Å². The van der Waals surface area contributed by atoms with Crippen molar-refractivity contribution < 1.29 is 34.9 Å². The minimum atomic E-state index is -1.21. The van der Waals surface area contributed by atoms with Crippen molar-refractivity contribution in [3.63, 3.8) is 0 Å². The maximum Gasteiger partial charge on any atom is 0.324 e. The number of nitro groups is 3. The van der Waals surface area contributed by atoms with Crippen LogP contribution in [0.2, 0.25) is 0 Å². The first-order valence-electron chi connectivity index (χ1n) is 5.86. The van der Waals surface area contributed by atoms with E-state index in [0.717, 1.165) is 0 Å². The molecule has 132 valence electrons. The number of nitro benzene ring substituents is 3. The Hall–Kier alpha value is -3.39. The van der Waals surface area contributed by atoms with Crippen LogP contribution in [-0.2, 0) is 4.79 Å². The second-order valence-corrected chi connectivity index (χ2v) is 4.21. The van der Waals surface area contributed by atoms with Crippen molar-refractivity contribution in [2.45, 2.75) is 19.1 Å². The van der Waals surface area contributed by atoms with Crippen molar-refractivity contribution in [1.29, 1.82) is 0 Å². The summed E-state index contributed by atoms with van der Waals surface area (Å²) >= 11 is 0. The van der Waals surface area contributed by atoms with E-state index in [1.807, 2.05) is 0 Å². The summed E-state index contributed by atoms with van der Waals surface area (Å²) in [5, 5.41) is 56.8. The molecule has 0 saturated carbocycles. The molecule has 5 N–H and O–H groups in total. The number of hydrogen-bond acceptors (Lipinski definition) is 10. The monoisotopic (exact) mass is 348 g/mol. The molecule has 1 aromatic rings. The summed E-state index contributed by atoms with van der Waals surface area (Å²) in [6, 6.07) is -0.264. The number of rotatable bonds is 5. The highest BCUT2D eigenvalue weighted by molar-refractivity contribution is 5.73. The van der Waals surface area contributed by atoms with Crippen LogP contribution in [0.5, 0.6) is 5.75 Å². The van der Waals surface area contributed by atoms with E-state index in [9.17, 15) is 35.1 Å². The predicted octanol–water partition coefficient (Wildman–Crippen LogP) is -0.104. The molecule has 0 aliphatic carbocycles. The molecule has 0 heterocycles. The number of carboxylic acids is 1. The van der Waals surface area contributed by atoms with Crippen molar-refractivity contribution in [2.75, 3.05) is 0 Å². The normalized spacial score (nSPS) is 12.3. The number of nitrogens with two attached hydrogens (primary N) is 1. The Bertz CT molecular complexity index is 639. The lowest BCUT2D eigenvalue weighted by atomic mass is 10.2. The Balaban J connectivity index is 0.000000561. The van der Waals surface area contributed by atoms with Crippen LogP contribution in [0.1, 0.15) is 6.92 Å². The number of aromatic hydroxyl groups is 1. The van der Waals surface area contributed by atoms with Gasteiger partial charge in [0.2, 0.25) is 0 Å². The molecule has 0 bridgehead atoms. The van der Waals surface area contributed by atoms with Crippen LogP contribution in [0.4, 0.5) is 17.1 Å². The lowest BCUT2D eigenvalue weighted by molar-refractivity contribution is -0.404. The fourth-order valence-corrected chi connectivity index (χ4v) is 1.18. The second-order valence-electron chi connectivity index (χ2n) is 4.21. The molecule has 0 spiro atoms. The minimum absolute atomic E-state index is 0.447. The standard InChI is InChI=1S/C6H3N3O7.C4H9NO3/c10-6-4(8(13)14)1-3(7(11)12)2-5(6)9(15)16;1-2(6)3(5)4(7)8/h1-2,10H;2-3,6H,5H2,1H3,(H,7,8)/t;2?,3-/m.0/s1. The molecule has 0 aliphatic rings. The summed E-state index contributed by atoms with van der Waals surface area (Å²) < 4.78 is 0. The minimum Gasteiger partial charge on any atom is -0.497 e. The first-order valence-corrected chi connectivity index (χ1v) is 5.86. The largest absolute Gasteiger partial charge is 0.497 e. The number of aliphatic carboxylic acids is 1. The number of aliphatic hydroxyl groups is 1. The highest BCUT2D eigenvalue weighted by Gasteiger charge is 2.30. The number of hydrogen-bond donors (Lipinski definition) is 4. The van der Waals surface area contributed by atoms with Crippen molar-refractivity contribution in [3.8, 4) is 5.75 Å². The van der Waals surface area contributed by atoms with Crippen LogP contribution in [0, 0.1) is 30.3 Å². The van der Waals surface area contributed by atoms with Crippen LogP contribution in [0.25, 0.3) is 0 Å². The van der Waals surface area contributed by atoms with Gasteiger partial charge in [0, 0.05) is 0 Å². The Morgan fingerprint density at radius 2 is 1.46 bits per heavy atom. The third-order valence-electron chi connectivity index (χ3n) is 2.46. The summed E-state index contributed by atoms with van der Waals surface area (Å²) in [6.07, 6.45) is -0.979. The van der Waals surface area contributed by atoms with Gasteiger partial charge in [-0.05, 0) is 6.92 Å². The Labute approximate surface area is 132 Å². The van der Waals surface area contributed by atoms with Gasteiger partial charge in [0.25, 0.3) is 11.4 Å². The number of phenols is 1. The zero-order valence-corrected chi connectivity index (χ0v) is 11.9. The van der Waals surface area contributed by atoms with Crippen molar-refractivity contribution in [1.82, 2.24) is 0 Å². The van der Waals surface area contributed by atoms with Crippen molar-refractivity contribution >= 4 is 23.0 Å². The molecule has 1 unspecified atom stereocenters. The Morgan fingerprint density at radius 1 is 1.08 bits per heavy atom. The third-order valence-corrected chi connectivity index (χ3v) is 2.46. The summed E-state index contributed by atoms with van der Waals surface area (Å²) in [5.74, 6) is -2.39. The van der Waals surface area contributed by atoms with E-state index in [4.69, 9.17) is 21.1 Å². The van der Waals surface area contributed by atoms with E-state index in [-0.39, 0.29) is 0 Å². The van der Waals surface area contributed by atoms with Crippen LogP contribution in [0.15, 0.2) is 12.1 Å². The average molecular weight is 348 g/mol. The van der Waals surface area contributed by atoms with Gasteiger partial charge < -0.3 is 21.1 Å². The molecule has 1 rings (SSSR count). The molecule has 0 saturated heterocycles. The number of carboxylic acid groups (broad SMARTS) is 1. The molecule has 14 heteroatoms. The molecular weight excluding hydrogens is 336 g/mol. The molecule has 14 nitrogen and oxygen atoms in total. The van der Waals surface area contributed by atoms with Gasteiger partial charge in [-0.25, -0.2) is 0 Å². The molecule has 0 fully saturated rings. The van der Waals surface area contributed by atoms with Crippen molar-refractivity contribution in [2.24, 2.45) is 5.73 Å². The fraction of sp³-hybridized carbons (Fsp3) is 0.300. The number of phenolic OH excluding ortho intramolecular Hbond substituents is 1. The summed E-state index contributed by atoms with van der Waals surface area (Å²) in [5.41, 5.74) is 1.91. The Kier molecular flexibility index (Phi) is 7.13. The van der Waals surface area contributed by atoms with Gasteiger partial charge in [-0.3, -0.25) is 35.1 Å². The maximum atomic E-state index is 10.4. The van der Waals surface area contributed by atoms with Crippen LogP contribution >= 0.6 is 0 Å². The highest BCUT2D eigenvalue weighted by Crippen LogP contribution is 2.38. The van der Waals surface area contributed by atoms with Crippen LogP contribution in [0.3, 0.4) is 0 Å². The number of nitrogens with zero attached hydrogens (tertiary/aromatic N) is 3. The lowest BCUT2D eigenvalue weighted by Gasteiger charge is -2.06. The van der Waals surface area contributed by atoms with Crippen LogP contribution in [-0.4, -0.2) is 48.2 Å². The summed E-state index contributed by atoms with van der Waals surface area (Å²) in [7, 11) is 0. The van der Waals surface area contributed by atoms with Gasteiger partial charge in [0.15, 0.2) is 0 Å². The van der Waals surface area contributed by atoms with E-state index in [0.29, 0.717) is 12.1 Å². The zero-order valence-electron chi connectivity index (χ0n) is 11.9. The first-order chi connectivity index (χ1) is 10.9. The molecule has 24 heavy (non-hydrogen) atoms. The van der Waals surface area contributed by atoms with Gasteiger partial charge in [-0.2, -0.15) is 0 Å². The van der Waals surface area contributed by atoms with E-state index in [1.54, 1.807) is 0 Å². The zero-order chi connectivity index (χ0) is 19.2. The number of aliphatic hydroxyl groups excluding tert-OH is 1. The van der Waals surface area contributed by atoms with Gasteiger partial charge >= 0.3 is 17.3 Å². The fourth-order valence-electron chi connectivity index (χ4n) is 1.18. The van der Waals surface area contributed by atoms with Crippen LogP contribution < -0.4 is 5.73 Å². The quantitative estimate of drug-likeness (QED) is 0.404. The molecule has 0 aliphatic heterocycles. The van der Waals surface area contributed by atoms with E-state index < -0.39 is 55.7 Å². The topological polar surface area (TPSA) is 233 Å². The Morgan fingerprint density at radius 3 is 1.62 bits per heavy atom. The second kappa shape index (κ2) is 8.30. The molecular formula is C10H12N4O10. The maximum absolute atomic E-state index is 10.4. The van der Waals surface area contributed by atoms with Gasteiger partial charge in [0.05, 0.1) is 33.0 Å². The van der Waals surface area contributed by atoms with E-state index in [2.05, 4.69) is 0 Å². The number of non-ortho nitro benzene ring substituents is 1. The molecule has 1 aromatic carbocycles. The third kappa shape index (κ3) is 5.43. The van der Waals surface area contributed by atoms with Gasteiger partial charge in [0.1, 0.15) is 6.04 Å². The highest BCUT2D eigenvalue weighted by atomic mass is 16.6. The summed E-state index contributed by atoms with van der Waals surface area (Å²) in [4.78, 5) is 37.6. The molecule has 0 radical (unpaired) electrons. The molecule has 2 atom stereocenters. The predicted molar refractivity (Wildman–Crippen MR) is 75.4 cm³/mol. The van der Waals surface area contributed by atoms with Crippen molar-refractivity contribution in [3.05, 3.63) is 42.5 Å².